The van der Waals surface area contributed by atoms with Gasteiger partial charge in [-0.1, -0.05) is 0 Å². The summed E-state index contributed by atoms with van der Waals surface area (Å²) in [6, 6.07) is 2.63. The second-order valence-electron chi connectivity index (χ2n) is 5.85. The summed E-state index contributed by atoms with van der Waals surface area (Å²) in [4.78, 5) is 11.7. The first-order valence-electron chi connectivity index (χ1n) is 7.76. The number of nitrogens with one attached hydrogen (secondary N) is 1. The van der Waals surface area contributed by atoms with Crippen molar-refractivity contribution in [1.29, 1.82) is 0 Å². The molecule has 0 radical (unpaired) electrons. The first kappa shape index (κ1) is 13.6. The van der Waals surface area contributed by atoms with Crippen molar-refractivity contribution in [3.8, 4) is 0 Å². The van der Waals surface area contributed by atoms with Gasteiger partial charge in [0.05, 0.1) is 0 Å². The molecule has 2 aliphatic rings. The highest BCUT2D eigenvalue weighted by Crippen LogP contribution is 2.39. The molecule has 2 aliphatic carbocycles. The molecule has 2 saturated carbocycles. The number of rotatable bonds is 7. The molecule has 0 spiro atoms. The summed E-state index contributed by atoms with van der Waals surface area (Å²) in [6.07, 6.45) is 7.01. The summed E-state index contributed by atoms with van der Waals surface area (Å²) >= 11 is 0. The molecule has 0 bridgehead atoms. The Bertz CT molecular complexity index is 457. The molecule has 1 heterocycles. The maximum absolute atomic E-state index is 9.12. The van der Waals surface area contributed by atoms with Gasteiger partial charge in [-0.2, -0.15) is 0 Å². The van der Waals surface area contributed by atoms with Crippen molar-refractivity contribution < 1.29 is 5.11 Å². The number of aliphatic hydroxyl groups excluding tert-OH is 1. The van der Waals surface area contributed by atoms with E-state index in [1.165, 1.54) is 32.1 Å². The first-order chi connectivity index (χ1) is 9.81. The van der Waals surface area contributed by atoms with Crippen molar-refractivity contribution >= 4 is 11.6 Å². The largest absolute Gasteiger partial charge is 0.396 e. The maximum atomic E-state index is 9.12. The van der Waals surface area contributed by atoms with Gasteiger partial charge in [0.25, 0.3) is 0 Å². The van der Waals surface area contributed by atoms with Crippen LogP contribution in [0.2, 0.25) is 0 Å². The third-order valence-corrected chi connectivity index (χ3v) is 4.30. The number of anilines is 2. The monoisotopic (exact) mass is 276 g/mol. The molecule has 3 rings (SSSR count). The SMILES string of the molecule is CNc1cc(N(CCCO)C2CCC2)nc(C2CC2)n1. The number of nitrogens with zero attached hydrogens (tertiary/aromatic N) is 3. The van der Waals surface area contributed by atoms with Gasteiger partial charge in [0, 0.05) is 38.2 Å². The molecule has 0 saturated heterocycles. The lowest BCUT2D eigenvalue weighted by molar-refractivity contribution is 0.282. The van der Waals surface area contributed by atoms with Crippen molar-refractivity contribution in [1.82, 2.24) is 9.97 Å². The fraction of sp³-hybridized carbons (Fsp3) is 0.733. The molecule has 5 heteroatoms. The van der Waals surface area contributed by atoms with Gasteiger partial charge in [-0.05, 0) is 38.5 Å². The molecule has 110 valence electrons. The molecule has 1 aromatic rings. The van der Waals surface area contributed by atoms with Crippen LogP contribution in [-0.4, -0.2) is 41.3 Å². The lowest BCUT2D eigenvalue weighted by Gasteiger charge is -2.38. The molecule has 2 N–H and O–H groups in total. The molecule has 20 heavy (non-hydrogen) atoms. The summed E-state index contributed by atoms with van der Waals surface area (Å²) in [5.74, 6) is 3.48. The Labute approximate surface area is 120 Å². The Morgan fingerprint density at radius 1 is 1.30 bits per heavy atom. The van der Waals surface area contributed by atoms with Gasteiger partial charge >= 0.3 is 0 Å². The van der Waals surface area contributed by atoms with Crippen LogP contribution in [0.5, 0.6) is 0 Å². The quantitative estimate of drug-likeness (QED) is 0.799. The summed E-state index contributed by atoms with van der Waals surface area (Å²) in [7, 11) is 1.91. The van der Waals surface area contributed by atoms with Gasteiger partial charge in [-0.3, -0.25) is 0 Å². The fourth-order valence-corrected chi connectivity index (χ4v) is 2.68. The average Bonchev–Trinajstić information content (AvgIpc) is 3.25. The van der Waals surface area contributed by atoms with E-state index in [0.717, 1.165) is 30.4 Å². The summed E-state index contributed by atoms with van der Waals surface area (Å²) < 4.78 is 0. The molecule has 1 aromatic heterocycles. The molecule has 2 fully saturated rings. The maximum Gasteiger partial charge on any atom is 0.136 e. The minimum absolute atomic E-state index is 0.239. The molecule has 0 atom stereocenters. The molecule has 0 aliphatic heterocycles. The number of aliphatic hydroxyl groups is 1. The van der Waals surface area contributed by atoms with E-state index in [1.807, 2.05) is 13.1 Å². The van der Waals surface area contributed by atoms with E-state index in [1.54, 1.807) is 0 Å². The van der Waals surface area contributed by atoms with Gasteiger partial charge in [0.2, 0.25) is 0 Å². The third-order valence-electron chi connectivity index (χ3n) is 4.30. The van der Waals surface area contributed by atoms with E-state index in [0.29, 0.717) is 12.0 Å². The molecular weight excluding hydrogens is 252 g/mol. The number of hydrogen-bond donors (Lipinski definition) is 2. The zero-order valence-electron chi connectivity index (χ0n) is 12.2. The summed E-state index contributed by atoms with van der Waals surface area (Å²) in [5.41, 5.74) is 0. The van der Waals surface area contributed by atoms with E-state index in [9.17, 15) is 0 Å². The van der Waals surface area contributed by atoms with Crippen molar-refractivity contribution in [2.24, 2.45) is 0 Å². The van der Waals surface area contributed by atoms with Crippen LogP contribution in [0.1, 0.15) is 50.3 Å². The first-order valence-corrected chi connectivity index (χ1v) is 7.76. The minimum atomic E-state index is 0.239. The smallest absolute Gasteiger partial charge is 0.136 e. The highest BCUT2D eigenvalue weighted by atomic mass is 16.3. The van der Waals surface area contributed by atoms with Crippen molar-refractivity contribution in [3.05, 3.63) is 11.9 Å². The van der Waals surface area contributed by atoms with Crippen molar-refractivity contribution in [3.63, 3.8) is 0 Å². The predicted octanol–water partition coefficient (Wildman–Crippen LogP) is 2.14. The van der Waals surface area contributed by atoms with Crippen LogP contribution in [0, 0.1) is 0 Å². The zero-order valence-corrected chi connectivity index (χ0v) is 12.2. The molecule has 0 amide bonds. The Kier molecular flexibility index (Phi) is 4.05. The van der Waals surface area contributed by atoms with E-state index in [2.05, 4.69) is 15.2 Å². The Morgan fingerprint density at radius 3 is 2.65 bits per heavy atom. The van der Waals surface area contributed by atoms with E-state index >= 15 is 0 Å². The van der Waals surface area contributed by atoms with E-state index in [4.69, 9.17) is 10.1 Å². The number of hydrogen-bond acceptors (Lipinski definition) is 5. The Balaban J connectivity index is 1.85. The lowest BCUT2D eigenvalue weighted by Crippen LogP contribution is -2.41. The second-order valence-corrected chi connectivity index (χ2v) is 5.85. The summed E-state index contributed by atoms with van der Waals surface area (Å²) in [6.45, 7) is 1.12. The van der Waals surface area contributed by atoms with Crippen LogP contribution >= 0.6 is 0 Å². The van der Waals surface area contributed by atoms with Crippen LogP contribution in [-0.2, 0) is 0 Å². The third kappa shape index (κ3) is 2.87. The molecule has 0 unspecified atom stereocenters. The normalized spacial score (nSPS) is 18.7. The van der Waals surface area contributed by atoms with Gasteiger partial charge in [-0.15, -0.1) is 0 Å². The molecule has 0 aromatic carbocycles. The van der Waals surface area contributed by atoms with Gasteiger partial charge in [0.15, 0.2) is 0 Å². The van der Waals surface area contributed by atoms with Gasteiger partial charge < -0.3 is 15.3 Å². The number of aromatic nitrogens is 2. The van der Waals surface area contributed by atoms with Crippen molar-refractivity contribution in [2.45, 2.75) is 50.5 Å². The second kappa shape index (κ2) is 5.95. The highest BCUT2D eigenvalue weighted by molar-refractivity contribution is 5.50. The van der Waals surface area contributed by atoms with Crippen LogP contribution in [0.4, 0.5) is 11.6 Å². The van der Waals surface area contributed by atoms with Crippen LogP contribution in [0.25, 0.3) is 0 Å². The average molecular weight is 276 g/mol. The van der Waals surface area contributed by atoms with Gasteiger partial charge in [0.1, 0.15) is 17.5 Å². The highest BCUT2D eigenvalue weighted by Gasteiger charge is 2.30. The van der Waals surface area contributed by atoms with E-state index in [-0.39, 0.29) is 6.61 Å². The minimum Gasteiger partial charge on any atom is -0.396 e. The zero-order chi connectivity index (χ0) is 13.9. The van der Waals surface area contributed by atoms with Crippen LogP contribution < -0.4 is 10.2 Å². The Morgan fingerprint density at radius 2 is 2.10 bits per heavy atom. The topological polar surface area (TPSA) is 61.3 Å². The van der Waals surface area contributed by atoms with Crippen LogP contribution in [0.3, 0.4) is 0 Å². The van der Waals surface area contributed by atoms with Crippen LogP contribution in [0.15, 0.2) is 6.07 Å². The molecular formula is C15H24N4O. The molecule has 5 nitrogen and oxygen atoms in total. The standard InChI is InChI=1S/C15H24N4O/c1-16-13-10-14(18-15(17-13)11-6-7-11)19(8-3-9-20)12-4-2-5-12/h10-12,20H,2-9H2,1H3,(H,16,17,18). The Hall–Kier alpha value is -1.36. The van der Waals surface area contributed by atoms with E-state index < -0.39 is 0 Å². The summed E-state index contributed by atoms with van der Waals surface area (Å²) in [5, 5.41) is 12.3. The lowest BCUT2D eigenvalue weighted by atomic mass is 9.91. The predicted molar refractivity (Wildman–Crippen MR) is 80.2 cm³/mol. The fourth-order valence-electron chi connectivity index (χ4n) is 2.68. The van der Waals surface area contributed by atoms with Gasteiger partial charge in [-0.25, -0.2) is 9.97 Å². The van der Waals surface area contributed by atoms with Crippen molar-refractivity contribution in [2.75, 3.05) is 30.4 Å².